The summed E-state index contributed by atoms with van der Waals surface area (Å²) in [4.78, 5) is 11.4. The minimum Gasteiger partial charge on any atom is -0.465 e. The first-order chi connectivity index (χ1) is 9.16. The minimum atomic E-state index is -0.685. The molecule has 0 aliphatic heterocycles. The van der Waals surface area contributed by atoms with Crippen molar-refractivity contribution in [3.63, 3.8) is 0 Å². The molecule has 1 amide bonds. The Balaban J connectivity index is 1.94. The molecule has 98 valence electrons. The Morgan fingerprint density at radius 3 is 2.58 bits per heavy atom. The summed E-state index contributed by atoms with van der Waals surface area (Å²) in [7, 11) is 0. The molecule has 3 nitrogen and oxygen atoms in total. The highest BCUT2D eigenvalue weighted by atomic mass is 19.1. The fourth-order valence-corrected chi connectivity index (χ4v) is 1.48. The zero-order valence-corrected chi connectivity index (χ0v) is 9.90. The second-order valence-corrected chi connectivity index (χ2v) is 3.77. The minimum absolute atomic E-state index is 0.165. The van der Waals surface area contributed by atoms with Crippen LogP contribution >= 0.6 is 0 Å². The Morgan fingerprint density at radius 1 is 1.21 bits per heavy atom. The van der Waals surface area contributed by atoms with Crippen molar-refractivity contribution in [3.8, 4) is 0 Å². The van der Waals surface area contributed by atoms with Gasteiger partial charge in [0.25, 0.3) is 0 Å². The van der Waals surface area contributed by atoms with E-state index in [4.69, 9.17) is 4.42 Å². The average Bonchev–Trinajstić information content (AvgIpc) is 2.89. The van der Waals surface area contributed by atoms with E-state index in [2.05, 4.69) is 5.32 Å². The van der Waals surface area contributed by atoms with Crippen molar-refractivity contribution in [1.29, 1.82) is 0 Å². The van der Waals surface area contributed by atoms with Crippen molar-refractivity contribution in [3.05, 3.63) is 65.6 Å². The van der Waals surface area contributed by atoms with Crippen LogP contribution in [-0.4, -0.2) is 5.91 Å². The Morgan fingerprint density at radius 2 is 1.95 bits per heavy atom. The Labute approximate surface area is 108 Å². The Bertz CT molecular complexity index is 571. The molecule has 1 heterocycles. The van der Waals surface area contributed by atoms with Crippen molar-refractivity contribution in [2.45, 2.75) is 6.54 Å². The van der Waals surface area contributed by atoms with Crippen LogP contribution in [0, 0.1) is 11.6 Å². The molecule has 0 fully saturated rings. The molecule has 0 aliphatic rings. The molecule has 0 bridgehead atoms. The van der Waals surface area contributed by atoms with Gasteiger partial charge < -0.3 is 9.73 Å². The third-order valence-corrected chi connectivity index (χ3v) is 2.44. The van der Waals surface area contributed by atoms with Gasteiger partial charge in [-0.2, -0.15) is 0 Å². The predicted molar refractivity (Wildman–Crippen MR) is 65.9 cm³/mol. The summed E-state index contributed by atoms with van der Waals surface area (Å²) in [6, 6.07) is 6.92. The fourth-order valence-electron chi connectivity index (χ4n) is 1.48. The van der Waals surface area contributed by atoms with Crippen molar-refractivity contribution in [2.75, 3.05) is 0 Å². The third kappa shape index (κ3) is 3.51. The van der Waals surface area contributed by atoms with Gasteiger partial charge in [0.05, 0.1) is 6.26 Å². The molecule has 0 saturated carbocycles. The van der Waals surface area contributed by atoms with Gasteiger partial charge in [-0.15, -0.1) is 0 Å². The van der Waals surface area contributed by atoms with Gasteiger partial charge >= 0.3 is 0 Å². The Hall–Kier alpha value is -2.43. The molecule has 5 heteroatoms. The number of amides is 1. The molecule has 0 radical (unpaired) electrons. The van der Waals surface area contributed by atoms with E-state index >= 15 is 0 Å². The lowest BCUT2D eigenvalue weighted by Gasteiger charge is -2.05. The van der Waals surface area contributed by atoms with E-state index in [1.807, 2.05) is 0 Å². The molecular weight excluding hydrogens is 252 g/mol. The van der Waals surface area contributed by atoms with Gasteiger partial charge in [0.1, 0.15) is 17.4 Å². The van der Waals surface area contributed by atoms with Gasteiger partial charge in [-0.1, -0.05) is 6.07 Å². The zero-order chi connectivity index (χ0) is 13.7. The zero-order valence-electron chi connectivity index (χ0n) is 9.90. The number of rotatable bonds is 4. The van der Waals surface area contributed by atoms with Gasteiger partial charge in [-0.25, -0.2) is 8.78 Å². The monoisotopic (exact) mass is 263 g/mol. The predicted octanol–water partition coefficient (Wildman–Crippen LogP) is 2.89. The number of hydrogen-bond acceptors (Lipinski definition) is 2. The fraction of sp³-hybridized carbons (Fsp3) is 0.0714. The number of carbonyl (C=O) groups excluding carboxylic acids is 1. The maximum atomic E-state index is 13.3. The molecule has 1 aromatic heterocycles. The second kappa shape index (κ2) is 5.95. The van der Waals surface area contributed by atoms with Gasteiger partial charge in [0.2, 0.25) is 5.91 Å². The van der Waals surface area contributed by atoms with Gasteiger partial charge in [0, 0.05) is 18.2 Å². The highest BCUT2D eigenvalue weighted by molar-refractivity contribution is 5.91. The van der Waals surface area contributed by atoms with Crippen LogP contribution in [0.3, 0.4) is 0 Å². The first-order valence-corrected chi connectivity index (χ1v) is 5.59. The molecule has 19 heavy (non-hydrogen) atoms. The van der Waals surface area contributed by atoms with Crippen molar-refractivity contribution in [2.24, 2.45) is 0 Å². The molecule has 0 unspecified atom stereocenters. The highest BCUT2D eigenvalue weighted by Crippen LogP contribution is 2.11. The topological polar surface area (TPSA) is 42.2 Å². The third-order valence-electron chi connectivity index (χ3n) is 2.44. The largest absolute Gasteiger partial charge is 0.465 e. The van der Waals surface area contributed by atoms with Gasteiger partial charge in [-0.3, -0.25) is 4.79 Å². The summed E-state index contributed by atoms with van der Waals surface area (Å²) >= 11 is 0. The lowest BCUT2D eigenvalue weighted by molar-refractivity contribution is -0.116. The van der Waals surface area contributed by atoms with Crippen LogP contribution in [-0.2, 0) is 11.3 Å². The van der Waals surface area contributed by atoms with Gasteiger partial charge in [0.15, 0.2) is 0 Å². The maximum absolute atomic E-state index is 13.3. The number of hydrogen-bond donors (Lipinski definition) is 1. The summed E-state index contributed by atoms with van der Waals surface area (Å²) in [6.07, 6.45) is 4.18. The number of furan rings is 1. The maximum Gasteiger partial charge on any atom is 0.244 e. The van der Waals surface area contributed by atoms with Crippen LogP contribution < -0.4 is 5.32 Å². The molecule has 0 atom stereocenters. The summed E-state index contributed by atoms with van der Waals surface area (Å²) in [5.41, 5.74) is -0.165. The highest BCUT2D eigenvalue weighted by Gasteiger charge is 2.08. The summed E-state index contributed by atoms with van der Waals surface area (Å²) in [6.45, 7) is -0.208. The first-order valence-electron chi connectivity index (χ1n) is 5.59. The average molecular weight is 263 g/mol. The van der Waals surface area contributed by atoms with Gasteiger partial charge in [-0.05, 0) is 30.3 Å². The van der Waals surface area contributed by atoms with E-state index in [-0.39, 0.29) is 12.1 Å². The molecule has 2 rings (SSSR count). The van der Waals surface area contributed by atoms with Crippen molar-refractivity contribution >= 4 is 12.0 Å². The Kier molecular flexibility index (Phi) is 4.07. The van der Waals surface area contributed by atoms with Crippen LogP contribution in [0.2, 0.25) is 0 Å². The SMILES string of the molecule is O=C(/C=C/c1ccco1)NCc1c(F)cccc1F. The van der Waals surface area contributed by atoms with Crippen LogP contribution in [0.4, 0.5) is 8.78 Å². The summed E-state index contributed by atoms with van der Waals surface area (Å²) < 4.78 is 31.6. The molecule has 1 N–H and O–H groups in total. The summed E-state index contributed by atoms with van der Waals surface area (Å²) in [5, 5.41) is 2.40. The summed E-state index contributed by atoms with van der Waals surface area (Å²) in [5.74, 6) is -1.31. The first kappa shape index (κ1) is 13.0. The van der Waals surface area contributed by atoms with Crippen LogP contribution in [0.25, 0.3) is 6.08 Å². The second-order valence-electron chi connectivity index (χ2n) is 3.77. The number of halogens is 2. The lowest BCUT2D eigenvalue weighted by Crippen LogP contribution is -2.21. The quantitative estimate of drug-likeness (QED) is 0.862. The van der Waals surface area contributed by atoms with E-state index in [0.717, 1.165) is 12.1 Å². The number of benzene rings is 1. The molecule has 0 saturated heterocycles. The van der Waals surface area contributed by atoms with Crippen molar-refractivity contribution < 1.29 is 18.0 Å². The number of nitrogens with one attached hydrogen (secondary N) is 1. The molecule has 0 spiro atoms. The number of carbonyl (C=O) groups is 1. The van der Waals surface area contributed by atoms with Crippen molar-refractivity contribution in [1.82, 2.24) is 5.32 Å². The molecule has 2 aromatic rings. The van der Waals surface area contributed by atoms with E-state index in [9.17, 15) is 13.6 Å². The van der Waals surface area contributed by atoms with E-state index in [1.54, 1.807) is 12.1 Å². The standard InChI is InChI=1S/C14H11F2NO2/c15-12-4-1-5-13(16)11(12)9-17-14(18)7-6-10-3-2-8-19-10/h1-8H,9H2,(H,17,18)/b7-6+. The van der Waals surface area contributed by atoms with E-state index in [0.29, 0.717) is 5.76 Å². The lowest BCUT2D eigenvalue weighted by atomic mass is 10.2. The molecular formula is C14H11F2NO2. The van der Waals surface area contributed by atoms with Crippen LogP contribution in [0.1, 0.15) is 11.3 Å². The normalized spacial score (nSPS) is 10.8. The molecule has 0 aliphatic carbocycles. The van der Waals surface area contributed by atoms with E-state index in [1.165, 1.54) is 24.5 Å². The smallest absolute Gasteiger partial charge is 0.244 e. The van der Waals surface area contributed by atoms with E-state index < -0.39 is 17.5 Å². The van der Waals surface area contributed by atoms with Crippen LogP contribution in [0.15, 0.2) is 47.1 Å². The molecule has 1 aromatic carbocycles. The van der Waals surface area contributed by atoms with Crippen LogP contribution in [0.5, 0.6) is 0 Å².